The highest BCUT2D eigenvalue weighted by molar-refractivity contribution is 5.73. The normalized spacial score (nSPS) is 22.6. The number of unbranched alkanes of at least 4 members (excludes halogenated alkanes) is 1. The summed E-state index contributed by atoms with van der Waals surface area (Å²) in [5.41, 5.74) is 5.24. The molecule has 4 aliphatic rings. The highest BCUT2D eigenvalue weighted by Crippen LogP contribution is 2.25. The minimum absolute atomic E-state index is 0.346. The molecule has 4 unspecified atom stereocenters. The van der Waals surface area contributed by atoms with Crippen molar-refractivity contribution < 1.29 is 85.8 Å². The first-order valence-corrected chi connectivity index (χ1v) is 18.0. The number of aromatic nitrogens is 4. The van der Waals surface area contributed by atoms with Gasteiger partial charge in [-0.1, -0.05) is 24.3 Å². The van der Waals surface area contributed by atoms with Crippen molar-refractivity contribution in [2.75, 3.05) is 26.4 Å². The Morgan fingerprint density at radius 3 is 1.17 bits per heavy atom. The molecule has 2 aromatic heterocycles. The topological polar surface area (TPSA) is 252 Å². The standard InChI is InChI=1S/C30H36N4O4.2ClHO4/c1-2-8-26-25(7-1)31(13-21-17-35-21)29(32(26)14-22-18-36-22)11-5-6-12-30-33(15-23-19-37-23)27-9-3-4-10-28(27)34(30)16-24-20-38-24;2*2-1(3,4)5/h1-4,7-10,21-24H,5-6,11-20H2;2*(H,2,3,4,5)/q+2;;/p-2. The van der Waals surface area contributed by atoms with Gasteiger partial charge in [0.15, 0.2) is 22.1 Å². The Balaban J connectivity index is 0.000000355. The number of benzene rings is 2. The molecule has 0 bridgehead atoms. The van der Waals surface area contributed by atoms with E-state index in [0.717, 1.165) is 78.3 Å². The third-order valence-electron chi connectivity index (χ3n) is 8.38. The van der Waals surface area contributed by atoms with Crippen LogP contribution in [0.4, 0.5) is 0 Å². The molecule has 6 heterocycles. The van der Waals surface area contributed by atoms with Crippen LogP contribution in [0, 0.1) is 20.5 Å². The van der Waals surface area contributed by atoms with Gasteiger partial charge in [0.25, 0.3) is 11.6 Å². The average molecular weight is 716 g/mol. The number of hydrogen-bond donors (Lipinski definition) is 0. The number of imidazole rings is 2. The summed E-state index contributed by atoms with van der Waals surface area (Å²) in [6.07, 6.45) is 5.75. The molecule has 0 spiro atoms. The molecule has 2 aromatic carbocycles. The van der Waals surface area contributed by atoms with E-state index in [4.69, 9.17) is 56.2 Å². The summed E-state index contributed by atoms with van der Waals surface area (Å²) < 4.78 is 101. The number of rotatable bonds is 13. The highest BCUT2D eigenvalue weighted by Gasteiger charge is 2.36. The molecule has 16 nitrogen and oxygen atoms in total. The average Bonchev–Trinajstić information content (AvgIpc) is 3.79. The van der Waals surface area contributed by atoms with Crippen molar-refractivity contribution in [3.05, 3.63) is 60.2 Å². The second-order valence-electron chi connectivity index (χ2n) is 12.0. The van der Waals surface area contributed by atoms with Crippen LogP contribution in [0.2, 0.25) is 0 Å². The number of hydrogen-bond acceptors (Lipinski definition) is 12. The largest absolute Gasteiger partial charge is 0.369 e. The second kappa shape index (κ2) is 14.8. The van der Waals surface area contributed by atoms with Gasteiger partial charge in [0.05, 0.1) is 26.4 Å². The van der Waals surface area contributed by atoms with E-state index in [1.54, 1.807) is 0 Å². The zero-order valence-corrected chi connectivity index (χ0v) is 27.4. The zero-order valence-electron chi connectivity index (χ0n) is 25.9. The van der Waals surface area contributed by atoms with Crippen LogP contribution in [-0.4, -0.2) is 60.0 Å². The molecule has 0 amide bonds. The quantitative estimate of drug-likeness (QED) is 0.0711. The number of fused-ring (bicyclic) bond motifs is 2. The number of halogens is 2. The van der Waals surface area contributed by atoms with E-state index in [1.165, 1.54) is 33.7 Å². The van der Waals surface area contributed by atoms with Gasteiger partial charge >= 0.3 is 0 Å². The smallest absolute Gasteiger partial charge is 0.257 e. The van der Waals surface area contributed by atoms with Gasteiger partial charge in [0.1, 0.15) is 50.6 Å². The summed E-state index contributed by atoms with van der Waals surface area (Å²) >= 11 is 0. The fraction of sp³-hybridized carbons (Fsp3) is 0.533. The Morgan fingerprint density at radius 1 is 0.542 bits per heavy atom. The van der Waals surface area contributed by atoms with Gasteiger partial charge < -0.3 is 18.9 Å². The van der Waals surface area contributed by atoms with E-state index in [0.29, 0.717) is 24.4 Å². The van der Waals surface area contributed by atoms with Crippen LogP contribution in [0.15, 0.2) is 48.5 Å². The van der Waals surface area contributed by atoms with Crippen molar-refractivity contribution in [3.8, 4) is 0 Å². The van der Waals surface area contributed by atoms with Gasteiger partial charge in [-0.3, -0.25) is 0 Å². The molecule has 48 heavy (non-hydrogen) atoms. The summed E-state index contributed by atoms with van der Waals surface area (Å²) in [6, 6.07) is 17.6. The fourth-order valence-electron chi connectivity index (χ4n) is 6.12. The maximum atomic E-state index is 8.49. The number of para-hydroxylation sites is 4. The van der Waals surface area contributed by atoms with Crippen LogP contribution in [-0.2, 0) is 58.0 Å². The summed E-state index contributed by atoms with van der Waals surface area (Å²) in [6.45, 7) is 7.23. The molecular formula is C30H36Cl2N4O12. The summed E-state index contributed by atoms with van der Waals surface area (Å²) in [4.78, 5) is 0. The second-order valence-corrected chi connectivity index (χ2v) is 13.5. The van der Waals surface area contributed by atoms with Crippen molar-refractivity contribution >= 4 is 22.1 Å². The maximum absolute atomic E-state index is 8.49. The van der Waals surface area contributed by atoms with E-state index in [-0.39, 0.29) is 0 Å². The van der Waals surface area contributed by atoms with Gasteiger partial charge in [-0.2, -0.15) is 0 Å². The van der Waals surface area contributed by atoms with Crippen molar-refractivity contribution in [1.82, 2.24) is 9.13 Å². The highest BCUT2D eigenvalue weighted by atomic mass is 35.7. The van der Waals surface area contributed by atoms with Gasteiger partial charge in [-0.05, 0) is 37.1 Å². The monoisotopic (exact) mass is 714 g/mol. The molecule has 4 atom stereocenters. The predicted octanol–water partition coefficient (Wildman–Crippen LogP) is -7.18. The first-order chi connectivity index (χ1) is 22.8. The molecule has 0 saturated carbocycles. The molecule has 4 aromatic rings. The first-order valence-electron chi connectivity index (χ1n) is 15.5. The third kappa shape index (κ3) is 10.5. The summed E-state index contributed by atoms with van der Waals surface area (Å²) in [7, 11) is -9.89. The minimum atomic E-state index is -4.94. The predicted molar refractivity (Wildman–Crippen MR) is 140 cm³/mol. The van der Waals surface area contributed by atoms with E-state index in [2.05, 4.69) is 66.8 Å². The first kappa shape index (κ1) is 35.3. The van der Waals surface area contributed by atoms with Crippen molar-refractivity contribution in [2.24, 2.45) is 0 Å². The Bertz CT molecular complexity index is 1450. The maximum Gasteiger partial charge on any atom is 0.257 e. The molecular weight excluding hydrogens is 679 g/mol. The van der Waals surface area contributed by atoms with Gasteiger partial charge in [-0.25, -0.2) is 55.5 Å². The molecule has 8 rings (SSSR count). The molecule has 4 saturated heterocycles. The number of nitrogens with zero attached hydrogens (tertiary/aromatic N) is 4. The van der Waals surface area contributed by atoms with E-state index < -0.39 is 20.5 Å². The van der Waals surface area contributed by atoms with Crippen LogP contribution >= 0.6 is 0 Å². The molecule has 18 heteroatoms. The van der Waals surface area contributed by atoms with E-state index >= 15 is 0 Å². The third-order valence-corrected chi connectivity index (χ3v) is 8.38. The lowest BCUT2D eigenvalue weighted by Crippen LogP contribution is -2.68. The van der Waals surface area contributed by atoms with E-state index in [9.17, 15) is 0 Å². The fourth-order valence-corrected chi connectivity index (χ4v) is 6.12. The summed E-state index contributed by atoms with van der Waals surface area (Å²) in [5.74, 6) is 2.81. The SMILES string of the molecule is [O-][Cl+3]([O-])([O-])[O-].[O-][Cl+3]([O-])([O-])[O-].c1ccc2c(c1)n(CC1CO1)c(CCCCc1n(CC3CO3)c3ccccc3[n+]1CC1CO1)[n+]2CC1CO1. The van der Waals surface area contributed by atoms with Gasteiger partial charge in [0.2, 0.25) is 0 Å². The van der Waals surface area contributed by atoms with Crippen LogP contribution in [0.25, 0.3) is 22.1 Å². The van der Waals surface area contributed by atoms with Crippen LogP contribution in [0.3, 0.4) is 0 Å². The Hall–Kier alpha value is -2.52. The van der Waals surface area contributed by atoms with Crippen molar-refractivity contribution in [2.45, 2.75) is 76.3 Å². The summed E-state index contributed by atoms with van der Waals surface area (Å²) in [5, 5.41) is 0. The minimum Gasteiger partial charge on any atom is -0.369 e. The van der Waals surface area contributed by atoms with Crippen molar-refractivity contribution in [1.29, 1.82) is 0 Å². The zero-order chi connectivity index (χ0) is 34.1. The molecule has 262 valence electrons. The number of ether oxygens (including phenoxy) is 4. The molecule has 4 fully saturated rings. The van der Waals surface area contributed by atoms with Gasteiger partial charge in [-0.15, -0.1) is 20.5 Å². The number of epoxide rings is 4. The van der Waals surface area contributed by atoms with E-state index in [1.807, 2.05) is 0 Å². The molecule has 0 radical (unpaired) electrons. The van der Waals surface area contributed by atoms with Crippen LogP contribution in [0.5, 0.6) is 0 Å². The molecule has 0 N–H and O–H groups in total. The Labute approximate surface area is 279 Å². The Kier molecular flexibility index (Phi) is 10.9. The van der Waals surface area contributed by atoms with Crippen LogP contribution < -0.4 is 46.4 Å². The van der Waals surface area contributed by atoms with Crippen LogP contribution in [0.1, 0.15) is 24.5 Å². The van der Waals surface area contributed by atoms with Crippen molar-refractivity contribution in [3.63, 3.8) is 0 Å². The molecule has 0 aliphatic carbocycles. The lowest BCUT2D eigenvalue weighted by atomic mass is 10.1. The lowest BCUT2D eigenvalue weighted by Gasteiger charge is -2.17. The van der Waals surface area contributed by atoms with Gasteiger partial charge in [0, 0.05) is 12.8 Å². The molecule has 4 aliphatic heterocycles. The Morgan fingerprint density at radius 2 is 0.854 bits per heavy atom. The lowest BCUT2D eigenvalue weighted by molar-refractivity contribution is -2.00.